The maximum atomic E-state index is 12.5. The predicted molar refractivity (Wildman–Crippen MR) is 113 cm³/mol. The molecule has 158 valence electrons. The summed E-state index contributed by atoms with van der Waals surface area (Å²) in [5, 5.41) is 8.29. The first-order chi connectivity index (χ1) is 13.9. The zero-order chi connectivity index (χ0) is 20.9. The van der Waals surface area contributed by atoms with Gasteiger partial charge in [0.25, 0.3) is 5.91 Å². The van der Waals surface area contributed by atoms with Crippen LogP contribution in [0.1, 0.15) is 32.6 Å². The van der Waals surface area contributed by atoms with Gasteiger partial charge < -0.3 is 10.2 Å². The van der Waals surface area contributed by atoms with Crippen LogP contribution in [-0.2, 0) is 19.4 Å². The van der Waals surface area contributed by atoms with Crippen LogP contribution in [0.4, 0.5) is 5.69 Å². The lowest BCUT2D eigenvalue weighted by molar-refractivity contribution is -0.133. The predicted octanol–water partition coefficient (Wildman–Crippen LogP) is 1.18. The minimum absolute atomic E-state index is 0.0633. The molecule has 1 saturated heterocycles. The Bertz CT molecular complexity index is 870. The Kier molecular flexibility index (Phi) is 6.89. The van der Waals surface area contributed by atoms with Crippen LogP contribution in [0.3, 0.4) is 0 Å². The fourth-order valence-corrected chi connectivity index (χ4v) is 5.36. The minimum Gasteiger partial charge on any atom is -0.372 e. The zero-order valence-electron chi connectivity index (χ0n) is 16.7. The van der Waals surface area contributed by atoms with Crippen LogP contribution in [0, 0.1) is 0 Å². The van der Waals surface area contributed by atoms with Crippen molar-refractivity contribution in [1.82, 2.24) is 10.3 Å². The van der Waals surface area contributed by atoms with Gasteiger partial charge in [-0.15, -0.1) is 0 Å². The number of carbonyl (C=O) groups is 2. The number of hydrogen-bond acceptors (Lipinski definition) is 6. The number of nitrogens with one attached hydrogen (secondary N) is 1. The Morgan fingerprint density at radius 1 is 1.28 bits per heavy atom. The Hall–Kier alpha value is -2.42. The standard InChI is InChI=1S/C20H28N4O4S/c1-2-23(16-7-4-3-5-8-16)13-6-12-21-20(26)18-9-10-19(25)24(22-18)17-11-14-29(27,28)15-17/h3-5,7-8,17H,2,6,9-15H2,1H3,(H,21,26). The molecule has 0 aliphatic carbocycles. The number of rotatable bonds is 8. The first kappa shape index (κ1) is 21.3. The molecule has 1 fully saturated rings. The van der Waals surface area contributed by atoms with Gasteiger partial charge in [0.1, 0.15) is 5.71 Å². The molecule has 1 unspecified atom stereocenters. The van der Waals surface area contributed by atoms with Gasteiger partial charge in [0.2, 0.25) is 5.91 Å². The van der Waals surface area contributed by atoms with Crippen LogP contribution in [-0.4, -0.2) is 68.1 Å². The molecule has 2 amide bonds. The van der Waals surface area contributed by atoms with Crippen molar-refractivity contribution in [3.8, 4) is 0 Å². The largest absolute Gasteiger partial charge is 0.372 e. The van der Waals surface area contributed by atoms with Crippen molar-refractivity contribution >= 4 is 33.1 Å². The third kappa shape index (κ3) is 5.56. The lowest BCUT2D eigenvalue weighted by atomic mass is 10.1. The summed E-state index contributed by atoms with van der Waals surface area (Å²) in [5.41, 5.74) is 1.45. The van der Waals surface area contributed by atoms with Crippen LogP contribution in [0.25, 0.3) is 0 Å². The summed E-state index contributed by atoms with van der Waals surface area (Å²) >= 11 is 0. The highest BCUT2D eigenvalue weighted by molar-refractivity contribution is 7.91. The number of benzene rings is 1. The third-order valence-electron chi connectivity index (χ3n) is 5.27. The van der Waals surface area contributed by atoms with E-state index in [9.17, 15) is 18.0 Å². The number of hydrogen-bond donors (Lipinski definition) is 1. The molecule has 9 heteroatoms. The summed E-state index contributed by atoms with van der Waals surface area (Å²) in [6.45, 7) is 4.30. The molecule has 0 radical (unpaired) electrons. The van der Waals surface area contributed by atoms with Crippen LogP contribution >= 0.6 is 0 Å². The number of sulfone groups is 1. The smallest absolute Gasteiger partial charge is 0.267 e. The third-order valence-corrected chi connectivity index (χ3v) is 7.02. The molecule has 29 heavy (non-hydrogen) atoms. The van der Waals surface area contributed by atoms with E-state index >= 15 is 0 Å². The number of hydrazone groups is 1. The molecule has 8 nitrogen and oxygen atoms in total. The second kappa shape index (κ2) is 9.39. The van der Waals surface area contributed by atoms with Crippen LogP contribution in [0.15, 0.2) is 35.4 Å². The first-order valence-corrected chi connectivity index (χ1v) is 11.9. The number of carbonyl (C=O) groups excluding carboxylic acids is 2. The lowest BCUT2D eigenvalue weighted by Gasteiger charge is -2.27. The average Bonchev–Trinajstić information content (AvgIpc) is 3.08. The van der Waals surface area contributed by atoms with E-state index in [1.807, 2.05) is 18.2 Å². The molecule has 0 aromatic heterocycles. The van der Waals surface area contributed by atoms with Gasteiger partial charge in [0.05, 0.1) is 17.5 Å². The SMILES string of the molecule is CCN(CCCNC(=O)C1=NN(C2CCS(=O)(=O)C2)C(=O)CC1)c1ccccc1. The van der Waals surface area contributed by atoms with Gasteiger partial charge in [-0.05, 0) is 31.9 Å². The van der Waals surface area contributed by atoms with Gasteiger partial charge in [-0.2, -0.15) is 5.10 Å². The second-order valence-electron chi connectivity index (χ2n) is 7.37. The van der Waals surface area contributed by atoms with Gasteiger partial charge in [-0.3, -0.25) is 9.59 Å². The van der Waals surface area contributed by atoms with E-state index in [0.717, 1.165) is 25.2 Å². The summed E-state index contributed by atoms with van der Waals surface area (Å²) < 4.78 is 23.4. The number of amides is 2. The van der Waals surface area contributed by atoms with E-state index in [-0.39, 0.29) is 36.2 Å². The van der Waals surface area contributed by atoms with Gasteiger partial charge in [-0.25, -0.2) is 13.4 Å². The normalized spacial score (nSPS) is 21.0. The molecule has 2 aliphatic rings. The summed E-state index contributed by atoms with van der Waals surface area (Å²) in [4.78, 5) is 26.9. The molecule has 0 saturated carbocycles. The van der Waals surface area contributed by atoms with Crippen molar-refractivity contribution in [2.75, 3.05) is 36.0 Å². The minimum atomic E-state index is -3.13. The molecule has 0 bridgehead atoms. The van der Waals surface area contributed by atoms with E-state index in [1.165, 1.54) is 5.01 Å². The highest BCUT2D eigenvalue weighted by Crippen LogP contribution is 2.22. The molecular formula is C20H28N4O4S. The molecule has 2 aliphatic heterocycles. The maximum Gasteiger partial charge on any atom is 0.267 e. The molecule has 2 heterocycles. The van der Waals surface area contributed by atoms with Crippen molar-refractivity contribution < 1.29 is 18.0 Å². The van der Waals surface area contributed by atoms with Gasteiger partial charge in [0, 0.05) is 38.2 Å². The van der Waals surface area contributed by atoms with E-state index < -0.39 is 15.9 Å². The number of para-hydroxylation sites is 1. The highest BCUT2D eigenvalue weighted by Gasteiger charge is 2.37. The molecular weight excluding hydrogens is 392 g/mol. The van der Waals surface area contributed by atoms with Crippen molar-refractivity contribution in [3.05, 3.63) is 30.3 Å². The fraction of sp³-hybridized carbons (Fsp3) is 0.550. The molecule has 1 aromatic rings. The Labute approximate surface area is 171 Å². The van der Waals surface area contributed by atoms with Crippen LogP contribution in [0.5, 0.6) is 0 Å². The molecule has 1 aromatic carbocycles. The fourth-order valence-electron chi connectivity index (χ4n) is 3.67. The average molecular weight is 421 g/mol. The molecule has 3 rings (SSSR count). The summed E-state index contributed by atoms with van der Waals surface area (Å²) in [7, 11) is -3.13. The maximum absolute atomic E-state index is 12.5. The van der Waals surface area contributed by atoms with E-state index in [1.54, 1.807) is 0 Å². The van der Waals surface area contributed by atoms with E-state index in [0.29, 0.717) is 18.7 Å². The summed E-state index contributed by atoms with van der Waals surface area (Å²) in [5.74, 6) is -0.520. The van der Waals surface area contributed by atoms with Gasteiger partial charge in [0.15, 0.2) is 9.84 Å². The van der Waals surface area contributed by atoms with Crippen LogP contribution < -0.4 is 10.2 Å². The molecule has 1 N–H and O–H groups in total. The molecule has 0 spiro atoms. The zero-order valence-corrected chi connectivity index (χ0v) is 17.5. The highest BCUT2D eigenvalue weighted by atomic mass is 32.2. The van der Waals surface area contributed by atoms with Crippen LogP contribution in [0.2, 0.25) is 0 Å². The van der Waals surface area contributed by atoms with Crippen molar-refractivity contribution in [3.63, 3.8) is 0 Å². The Morgan fingerprint density at radius 3 is 2.69 bits per heavy atom. The van der Waals surface area contributed by atoms with E-state index in [4.69, 9.17) is 0 Å². The van der Waals surface area contributed by atoms with Gasteiger partial charge in [-0.1, -0.05) is 18.2 Å². The lowest BCUT2D eigenvalue weighted by Crippen LogP contribution is -2.44. The van der Waals surface area contributed by atoms with E-state index in [2.05, 4.69) is 34.4 Å². The monoisotopic (exact) mass is 420 g/mol. The molecule has 1 atom stereocenters. The van der Waals surface area contributed by atoms with Crippen molar-refractivity contribution in [2.45, 2.75) is 38.6 Å². The number of nitrogens with zero attached hydrogens (tertiary/aromatic N) is 3. The number of anilines is 1. The summed E-state index contributed by atoms with van der Waals surface area (Å²) in [6.07, 6.45) is 1.62. The quantitative estimate of drug-likeness (QED) is 0.637. The van der Waals surface area contributed by atoms with Gasteiger partial charge >= 0.3 is 0 Å². The summed E-state index contributed by atoms with van der Waals surface area (Å²) in [6, 6.07) is 9.66. The topological polar surface area (TPSA) is 99.2 Å². The Morgan fingerprint density at radius 2 is 2.03 bits per heavy atom. The Balaban J connectivity index is 1.51. The second-order valence-corrected chi connectivity index (χ2v) is 9.60. The van der Waals surface area contributed by atoms with Crippen molar-refractivity contribution in [2.24, 2.45) is 5.10 Å². The first-order valence-electron chi connectivity index (χ1n) is 10.1. The van der Waals surface area contributed by atoms with Crippen molar-refractivity contribution in [1.29, 1.82) is 0 Å².